The fourth-order valence-electron chi connectivity index (χ4n) is 2.27. The van der Waals surface area contributed by atoms with Crippen molar-refractivity contribution in [2.45, 2.75) is 25.9 Å². The summed E-state index contributed by atoms with van der Waals surface area (Å²) in [7, 11) is 0. The molecule has 0 spiro atoms. The molecule has 0 atom stereocenters. The SMILES string of the molecule is CC1(C)Cc2cccc(-c3ncc(I)c(Cl)n3)c2O1. The summed E-state index contributed by atoms with van der Waals surface area (Å²) in [6.45, 7) is 4.16. The average Bonchev–Trinajstić information content (AvgIpc) is 2.66. The molecule has 0 N–H and O–H groups in total. The molecule has 3 nitrogen and oxygen atoms in total. The van der Waals surface area contributed by atoms with Crippen molar-refractivity contribution in [3.63, 3.8) is 0 Å². The average molecular weight is 387 g/mol. The van der Waals surface area contributed by atoms with Crippen LogP contribution in [0.25, 0.3) is 11.4 Å². The second-order valence-electron chi connectivity index (χ2n) is 5.16. The van der Waals surface area contributed by atoms with Crippen LogP contribution in [-0.4, -0.2) is 15.6 Å². The van der Waals surface area contributed by atoms with Crippen LogP contribution >= 0.6 is 34.2 Å². The van der Waals surface area contributed by atoms with E-state index in [4.69, 9.17) is 16.3 Å². The largest absolute Gasteiger partial charge is 0.486 e. The standard InChI is InChI=1S/C14H12ClIN2O/c1-14(2)6-8-4-3-5-9(11(8)19-14)13-17-7-10(16)12(15)18-13/h3-5,7H,6H2,1-2H3. The first-order valence-corrected chi connectivity index (χ1v) is 7.41. The Bertz CT molecular complexity index is 658. The Kier molecular flexibility index (Phi) is 3.17. The van der Waals surface area contributed by atoms with E-state index >= 15 is 0 Å². The Morgan fingerprint density at radius 1 is 1.37 bits per heavy atom. The molecule has 0 aliphatic carbocycles. The van der Waals surface area contributed by atoms with Crippen LogP contribution < -0.4 is 4.74 Å². The molecule has 0 radical (unpaired) electrons. The third kappa shape index (κ3) is 2.43. The molecule has 0 fully saturated rings. The van der Waals surface area contributed by atoms with Gasteiger partial charge in [-0.1, -0.05) is 23.7 Å². The van der Waals surface area contributed by atoms with Crippen LogP contribution in [0.3, 0.4) is 0 Å². The molecule has 0 unspecified atom stereocenters. The molecule has 98 valence electrons. The number of ether oxygens (including phenoxy) is 1. The molecule has 0 amide bonds. The zero-order valence-electron chi connectivity index (χ0n) is 10.6. The van der Waals surface area contributed by atoms with Gasteiger partial charge in [0.25, 0.3) is 0 Å². The summed E-state index contributed by atoms with van der Waals surface area (Å²) in [5.41, 5.74) is 1.92. The van der Waals surface area contributed by atoms with Gasteiger partial charge in [0.15, 0.2) is 5.82 Å². The lowest BCUT2D eigenvalue weighted by Crippen LogP contribution is -2.24. The number of hydrogen-bond donors (Lipinski definition) is 0. The minimum Gasteiger partial charge on any atom is -0.486 e. The highest BCUT2D eigenvalue weighted by atomic mass is 127. The van der Waals surface area contributed by atoms with E-state index in [1.54, 1.807) is 6.20 Å². The van der Waals surface area contributed by atoms with Gasteiger partial charge in [0, 0.05) is 12.6 Å². The maximum Gasteiger partial charge on any atom is 0.164 e. The predicted octanol–water partition coefficient (Wildman–Crippen LogP) is 4.12. The Labute approximate surface area is 130 Å². The van der Waals surface area contributed by atoms with E-state index in [0.717, 1.165) is 21.3 Å². The number of nitrogens with zero attached hydrogens (tertiary/aromatic N) is 2. The zero-order chi connectivity index (χ0) is 13.6. The van der Waals surface area contributed by atoms with Crippen molar-refractivity contribution in [1.82, 2.24) is 9.97 Å². The van der Waals surface area contributed by atoms with Crippen molar-refractivity contribution >= 4 is 34.2 Å². The minimum atomic E-state index is -0.175. The molecule has 1 aromatic carbocycles. The van der Waals surface area contributed by atoms with Gasteiger partial charge in [0.05, 0.1) is 9.13 Å². The van der Waals surface area contributed by atoms with Crippen LogP contribution in [0, 0.1) is 3.57 Å². The maximum atomic E-state index is 6.07. The van der Waals surface area contributed by atoms with Gasteiger partial charge >= 0.3 is 0 Å². The van der Waals surface area contributed by atoms with Crippen LogP contribution in [0.4, 0.5) is 0 Å². The van der Waals surface area contributed by atoms with E-state index in [1.165, 1.54) is 5.56 Å². The molecule has 0 saturated carbocycles. The fourth-order valence-corrected chi connectivity index (χ4v) is 2.66. The molecular weight excluding hydrogens is 375 g/mol. The van der Waals surface area contributed by atoms with Crippen LogP contribution in [-0.2, 0) is 6.42 Å². The van der Waals surface area contributed by atoms with Gasteiger partial charge in [-0.3, -0.25) is 0 Å². The molecular formula is C14H12ClIN2O. The molecule has 2 heterocycles. The lowest BCUT2D eigenvalue weighted by Gasteiger charge is -2.18. The summed E-state index contributed by atoms with van der Waals surface area (Å²) in [4.78, 5) is 8.69. The van der Waals surface area contributed by atoms with Crippen molar-refractivity contribution in [3.8, 4) is 17.1 Å². The van der Waals surface area contributed by atoms with Crippen LogP contribution in [0.1, 0.15) is 19.4 Å². The molecule has 1 aliphatic rings. The lowest BCUT2D eigenvalue weighted by molar-refractivity contribution is 0.139. The number of fused-ring (bicyclic) bond motifs is 1. The summed E-state index contributed by atoms with van der Waals surface area (Å²) in [6.07, 6.45) is 2.62. The van der Waals surface area contributed by atoms with Crippen molar-refractivity contribution < 1.29 is 4.74 Å². The molecule has 1 aliphatic heterocycles. The van der Waals surface area contributed by atoms with Crippen molar-refractivity contribution in [2.75, 3.05) is 0 Å². The van der Waals surface area contributed by atoms with Crippen molar-refractivity contribution in [2.24, 2.45) is 0 Å². The molecule has 3 rings (SSSR count). The quantitative estimate of drug-likeness (QED) is 0.546. The summed E-state index contributed by atoms with van der Waals surface area (Å²) in [5, 5.41) is 0.473. The monoisotopic (exact) mass is 386 g/mol. The van der Waals surface area contributed by atoms with E-state index in [2.05, 4.69) is 52.5 Å². The fraction of sp³-hybridized carbons (Fsp3) is 0.286. The Morgan fingerprint density at radius 2 is 2.16 bits per heavy atom. The van der Waals surface area contributed by atoms with Gasteiger partial charge in [0.2, 0.25) is 0 Å². The number of para-hydroxylation sites is 1. The maximum absolute atomic E-state index is 6.07. The summed E-state index contributed by atoms with van der Waals surface area (Å²) in [6, 6.07) is 6.06. The summed E-state index contributed by atoms with van der Waals surface area (Å²) >= 11 is 8.19. The first-order valence-electron chi connectivity index (χ1n) is 5.96. The molecule has 19 heavy (non-hydrogen) atoms. The Balaban J connectivity index is 2.13. The number of aromatic nitrogens is 2. The topological polar surface area (TPSA) is 35.0 Å². The van der Waals surface area contributed by atoms with Gasteiger partial charge in [-0.2, -0.15) is 0 Å². The normalized spacial score (nSPS) is 16.0. The molecule has 1 aromatic heterocycles. The Morgan fingerprint density at radius 3 is 2.89 bits per heavy atom. The predicted molar refractivity (Wildman–Crippen MR) is 83.6 cm³/mol. The second-order valence-corrected chi connectivity index (χ2v) is 6.68. The van der Waals surface area contributed by atoms with E-state index in [0.29, 0.717) is 11.0 Å². The number of benzene rings is 1. The highest BCUT2D eigenvalue weighted by Crippen LogP contribution is 2.41. The van der Waals surface area contributed by atoms with Gasteiger partial charge in [-0.25, -0.2) is 9.97 Å². The van der Waals surface area contributed by atoms with E-state index < -0.39 is 0 Å². The van der Waals surface area contributed by atoms with Crippen molar-refractivity contribution in [3.05, 3.63) is 38.7 Å². The van der Waals surface area contributed by atoms with E-state index in [9.17, 15) is 0 Å². The van der Waals surface area contributed by atoms with Gasteiger partial charge in [0.1, 0.15) is 16.5 Å². The zero-order valence-corrected chi connectivity index (χ0v) is 13.5. The smallest absolute Gasteiger partial charge is 0.164 e. The van der Waals surface area contributed by atoms with Crippen LogP contribution in [0.2, 0.25) is 5.15 Å². The molecule has 0 bridgehead atoms. The highest BCUT2D eigenvalue weighted by molar-refractivity contribution is 14.1. The van der Waals surface area contributed by atoms with E-state index in [-0.39, 0.29) is 5.60 Å². The molecule has 2 aromatic rings. The highest BCUT2D eigenvalue weighted by Gasteiger charge is 2.32. The van der Waals surface area contributed by atoms with Gasteiger partial charge in [-0.05, 0) is 48.1 Å². The first kappa shape index (κ1) is 13.1. The number of rotatable bonds is 1. The molecule has 5 heteroatoms. The van der Waals surface area contributed by atoms with Crippen LogP contribution in [0.5, 0.6) is 5.75 Å². The van der Waals surface area contributed by atoms with Crippen molar-refractivity contribution in [1.29, 1.82) is 0 Å². The third-order valence-electron chi connectivity index (χ3n) is 3.03. The Hall–Kier alpha value is -0.880. The van der Waals surface area contributed by atoms with Gasteiger partial charge in [-0.15, -0.1) is 0 Å². The second kappa shape index (κ2) is 4.59. The third-order valence-corrected chi connectivity index (χ3v) is 4.43. The number of halogens is 2. The minimum absolute atomic E-state index is 0.175. The lowest BCUT2D eigenvalue weighted by atomic mass is 10.0. The van der Waals surface area contributed by atoms with Crippen LogP contribution in [0.15, 0.2) is 24.4 Å². The summed E-state index contributed by atoms with van der Waals surface area (Å²) < 4.78 is 6.87. The molecule has 0 saturated heterocycles. The number of hydrogen-bond acceptors (Lipinski definition) is 3. The summed E-state index contributed by atoms with van der Waals surface area (Å²) in [5.74, 6) is 1.49. The van der Waals surface area contributed by atoms with E-state index in [1.807, 2.05) is 12.1 Å². The van der Waals surface area contributed by atoms with Gasteiger partial charge < -0.3 is 4.74 Å². The first-order chi connectivity index (χ1) is 8.96.